The van der Waals surface area contributed by atoms with Crippen molar-refractivity contribution in [1.29, 1.82) is 0 Å². The Labute approximate surface area is 188 Å². The molecule has 166 valence electrons. The van der Waals surface area contributed by atoms with Gasteiger partial charge in [-0.05, 0) is 50.1 Å². The summed E-state index contributed by atoms with van der Waals surface area (Å²) in [4.78, 5) is 28.8. The number of carbonyl (C=O) groups excluding carboxylic acids is 2. The van der Waals surface area contributed by atoms with Gasteiger partial charge in [0, 0.05) is 49.2 Å². The Morgan fingerprint density at radius 2 is 1.78 bits per heavy atom. The first-order valence-corrected chi connectivity index (χ1v) is 11.1. The molecule has 0 N–H and O–H groups in total. The molecule has 1 atom stereocenters. The third kappa shape index (κ3) is 3.53. The van der Waals surface area contributed by atoms with Gasteiger partial charge < -0.3 is 19.1 Å². The van der Waals surface area contributed by atoms with Crippen LogP contribution in [0.4, 0.5) is 4.79 Å². The van der Waals surface area contributed by atoms with Crippen molar-refractivity contribution < 1.29 is 14.3 Å². The van der Waals surface area contributed by atoms with E-state index in [1.165, 1.54) is 22.2 Å². The second-order valence-corrected chi connectivity index (χ2v) is 9.90. The Morgan fingerprint density at radius 1 is 1.06 bits per heavy atom. The van der Waals surface area contributed by atoms with E-state index >= 15 is 0 Å². The van der Waals surface area contributed by atoms with E-state index in [1.54, 1.807) is 0 Å². The van der Waals surface area contributed by atoms with Crippen molar-refractivity contribution in [2.75, 3.05) is 20.1 Å². The number of hydrogen-bond acceptors (Lipinski definition) is 3. The molecule has 1 unspecified atom stereocenters. The molecule has 2 bridgehead atoms. The van der Waals surface area contributed by atoms with Gasteiger partial charge >= 0.3 is 12.0 Å². The minimum atomic E-state index is -0.516. The monoisotopic (exact) mass is 431 g/mol. The highest BCUT2D eigenvalue weighted by atomic mass is 16.6. The number of carbonyl (C=O) groups is 2. The Hall–Kier alpha value is -3.28. The van der Waals surface area contributed by atoms with Crippen LogP contribution in [0.2, 0.25) is 0 Å². The number of aromatic nitrogens is 1. The first-order valence-electron chi connectivity index (χ1n) is 11.1. The molecule has 32 heavy (non-hydrogen) atoms. The highest BCUT2D eigenvalue weighted by Gasteiger charge is 2.39. The van der Waals surface area contributed by atoms with E-state index in [0.717, 1.165) is 18.7 Å². The number of ether oxygens (including phenoxy) is 1. The molecule has 2 aromatic carbocycles. The van der Waals surface area contributed by atoms with E-state index in [0.29, 0.717) is 24.6 Å². The molecule has 2 amide bonds. The lowest BCUT2D eigenvalue weighted by atomic mass is 9.90. The second-order valence-electron chi connectivity index (χ2n) is 9.90. The van der Waals surface area contributed by atoms with Crippen LogP contribution in [-0.4, -0.2) is 52.1 Å². The molecule has 6 heteroatoms. The fourth-order valence-corrected chi connectivity index (χ4v) is 5.00. The summed E-state index contributed by atoms with van der Waals surface area (Å²) in [6.07, 6.45) is 0. The van der Waals surface area contributed by atoms with Gasteiger partial charge in [0.1, 0.15) is 5.60 Å². The minimum Gasteiger partial charge on any atom is -0.456 e. The largest absolute Gasteiger partial charge is 0.456 e. The Balaban J connectivity index is 1.50. The summed E-state index contributed by atoms with van der Waals surface area (Å²) >= 11 is 0. The van der Waals surface area contributed by atoms with Gasteiger partial charge in [-0.25, -0.2) is 9.59 Å². The number of fused-ring (bicyclic) bond motifs is 6. The molecule has 2 aliphatic heterocycles. The van der Waals surface area contributed by atoms with Gasteiger partial charge in [0.25, 0.3) is 0 Å². The smallest absolute Gasteiger partial charge is 0.338 e. The topological polar surface area (TPSA) is 54.8 Å². The Bertz CT molecular complexity index is 1200. The number of benzene rings is 2. The van der Waals surface area contributed by atoms with E-state index in [1.807, 2.05) is 61.9 Å². The number of hydrogen-bond donors (Lipinski definition) is 0. The average molecular weight is 432 g/mol. The molecule has 0 spiro atoms. The lowest BCUT2D eigenvalue weighted by Crippen LogP contribution is -2.53. The standard InChI is InChI=1S/C26H29N3O3/c1-26(2,3)32-24(30)18-11-9-17(10-12-18)13-29-21-8-6-5-7-20(21)23-19-14-27(4)25(31)28(15-19)16-22(23)29/h5-12,19H,13-16H2,1-4H3. The van der Waals surface area contributed by atoms with Crippen molar-refractivity contribution >= 4 is 22.9 Å². The van der Waals surface area contributed by atoms with Crippen LogP contribution in [0.25, 0.3) is 10.9 Å². The van der Waals surface area contributed by atoms with Gasteiger partial charge in [0.05, 0.1) is 12.1 Å². The maximum absolute atomic E-state index is 12.6. The van der Waals surface area contributed by atoms with Gasteiger partial charge in [-0.1, -0.05) is 30.3 Å². The lowest BCUT2D eigenvalue weighted by molar-refractivity contribution is 0.00695. The highest BCUT2D eigenvalue weighted by molar-refractivity contribution is 5.90. The number of likely N-dealkylation sites (N-methyl/N-ethyl adjacent to an activating group) is 1. The van der Waals surface area contributed by atoms with Crippen LogP contribution >= 0.6 is 0 Å². The molecule has 3 aromatic rings. The van der Waals surface area contributed by atoms with Crippen LogP contribution in [0.5, 0.6) is 0 Å². The minimum absolute atomic E-state index is 0.102. The molecular formula is C26H29N3O3. The van der Waals surface area contributed by atoms with Crippen molar-refractivity contribution in [3.05, 3.63) is 70.9 Å². The SMILES string of the molecule is CN1CC2CN(Cc3c2c2ccccc2n3Cc2ccc(C(=O)OC(C)(C)C)cc2)C1=O. The van der Waals surface area contributed by atoms with Crippen LogP contribution in [0.1, 0.15) is 53.9 Å². The van der Waals surface area contributed by atoms with Crippen molar-refractivity contribution in [3.63, 3.8) is 0 Å². The van der Waals surface area contributed by atoms with Gasteiger partial charge in [0.15, 0.2) is 0 Å². The summed E-state index contributed by atoms with van der Waals surface area (Å²) < 4.78 is 7.82. The molecule has 1 fully saturated rings. The first kappa shape index (κ1) is 20.6. The molecule has 0 saturated carbocycles. The Kier molecular flexibility index (Phi) is 4.77. The molecule has 1 saturated heterocycles. The summed E-state index contributed by atoms with van der Waals surface area (Å²) in [7, 11) is 1.89. The van der Waals surface area contributed by atoms with Crippen molar-refractivity contribution in [2.45, 2.75) is 45.4 Å². The molecule has 2 aliphatic rings. The number of rotatable bonds is 3. The molecular weight excluding hydrogens is 402 g/mol. The number of nitrogens with zero attached hydrogens (tertiary/aromatic N) is 3. The van der Waals surface area contributed by atoms with E-state index in [-0.39, 0.29) is 12.0 Å². The zero-order chi connectivity index (χ0) is 22.6. The molecule has 3 heterocycles. The van der Waals surface area contributed by atoms with Crippen LogP contribution in [-0.2, 0) is 17.8 Å². The van der Waals surface area contributed by atoms with E-state index in [9.17, 15) is 9.59 Å². The predicted octanol–water partition coefficient (Wildman–Crippen LogP) is 4.61. The maximum atomic E-state index is 12.6. The summed E-state index contributed by atoms with van der Waals surface area (Å²) in [6.45, 7) is 8.46. The quantitative estimate of drug-likeness (QED) is 0.569. The van der Waals surface area contributed by atoms with E-state index in [2.05, 4.69) is 28.8 Å². The number of amides is 2. The maximum Gasteiger partial charge on any atom is 0.338 e. The summed E-state index contributed by atoms with van der Waals surface area (Å²) in [5.41, 5.74) is 4.93. The van der Waals surface area contributed by atoms with Crippen LogP contribution in [0, 0.1) is 0 Å². The highest BCUT2D eigenvalue weighted by Crippen LogP contribution is 2.40. The fourth-order valence-electron chi connectivity index (χ4n) is 5.00. The normalized spacial score (nSPS) is 18.1. The van der Waals surface area contributed by atoms with Gasteiger partial charge in [0.2, 0.25) is 0 Å². The predicted molar refractivity (Wildman–Crippen MR) is 124 cm³/mol. The summed E-state index contributed by atoms with van der Waals surface area (Å²) in [5, 5.41) is 1.28. The van der Waals surface area contributed by atoms with Gasteiger partial charge in [-0.2, -0.15) is 0 Å². The number of para-hydroxylation sites is 1. The third-order valence-electron chi connectivity index (χ3n) is 6.33. The average Bonchev–Trinajstić information content (AvgIpc) is 3.05. The van der Waals surface area contributed by atoms with Gasteiger partial charge in [-0.15, -0.1) is 0 Å². The fraction of sp³-hybridized carbons (Fsp3) is 0.385. The second kappa shape index (κ2) is 7.40. The zero-order valence-electron chi connectivity index (χ0n) is 19.1. The van der Waals surface area contributed by atoms with Crippen LogP contribution < -0.4 is 0 Å². The Morgan fingerprint density at radius 3 is 2.50 bits per heavy atom. The van der Waals surface area contributed by atoms with Crippen molar-refractivity contribution in [3.8, 4) is 0 Å². The van der Waals surface area contributed by atoms with Crippen molar-refractivity contribution in [2.24, 2.45) is 0 Å². The molecule has 1 aromatic heterocycles. The van der Waals surface area contributed by atoms with Crippen LogP contribution in [0.15, 0.2) is 48.5 Å². The van der Waals surface area contributed by atoms with E-state index < -0.39 is 5.60 Å². The van der Waals surface area contributed by atoms with E-state index in [4.69, 9.17) is 4.74 Å². The lowest BCUT2D eigenvalue weighted by Gasteiger charge is -2.42. The summed E-state index contributed by atoms with van der Waals surface area (Å²) in [6, 6.07) is 16.3. The van der Waals surface area contributed by atoms with Gasteiger partial charge in [-0.3, -0.25) is 0 Å². The molecule has 0 radical (unpaired) electrons. The zero-order valence-corrected chi connectivity index (χ0v) is 19.1. The molecule has 6 nitrogen and oxygen atoms in total. The number of esters is 1. The van der Waals surface area contributed by atoms with Crippen molar-refractivity contribution in [1.82, 2.24) is 14.4 Å². The van der Waals surface area contributed by atoms with Crippen LogP contribution in [0.3, 0.4) is 0 Å². The summed E-state index contributed by atoms with van der Waals surface area (Å²) in [5.74, 6) is 0.0123. The molecule has 0 aliphatic carbocycles. The molecule has 5 rings (SSSR count). The number of urea groups is 1. The first-order chi connectivity index (χ1) is 15.2. The third-order valence-corrected chi connectivity index (χ3v) is 6.33.